The Bertz CT molecular complexity index is 3210. The second kappa shape index (κ2) is 41.7. The fourth-order valence-corrected chi connectivity index (χ4v) is 12.7. The number of guanidine groups is 3. The van der Waals surface area contributed by atoms with Crippen LogP contribution in [-0.2, 0) is 70.4 Å². The molecule has 35 nitrogen and oxygen atoms in total. The predicted molar refractivity (Wildman–Crippen MR) is 370 cm³/mol. The number of benzene rings is 2. The van der Waals surface area contributed by atoms with Gasteiger partial charge < -0.3 is 102 Å². The standard InChI is InChI=1S/C64H98N20O15S/c1-2-3-4-11-27-83-51(88)32-49(60(83)97)100-36-46(56(93)78-42(61(98)99)22-14-26-74-64(70)71)81-54(91)44(30-38-18-9-6-10-19-38)79-55(92)45(35-85)80-53(90)43(29-37-16-7-5-8-17-37)76-50(87)33-75-57(94)48-31-39(86)34-84(48)59(96)47-23-15-28-82(47)58(95)41(21-13-25-73-63(68)69)77-52(89)40(65)20-12-24-72-62(66)67/h5-10,16-19,39-49,85-86H,2-4,11-15,20-36,65H2,1H3,(H,75,94)(H,76,87)(H,77,89)(H,78,93)(H,79,92)(H,80,90)(H,81,91)(H,98,99)(H4,66,67,72)(H4,68,69,73)(H4,70,71,74)/t39-,40-,41+,42+,43+,44-,45+,46+,47+,48+,49?/m1/s1. The molecule has 36 heteroatoms. The molecule has 0 spiro atoms. The first kappa shape index (κ1) is 81.0. The summed E-state index contributed by atoms with van der Waals surface area (Å²) < 4.78 is 0. The fourth-order valence-electron chi connectivity index (χ4n) is 11.5. The summed E-state index contributed by atoms with van der Waals surface area (Å²) in [5.74, 6) is -11.1. The number of carbonyl (C=O) groups excluding carboxylic acids is 11. The van der Waals surface area contributed by atoms with Gasteiger partial charge in [-0.2, -0.15) is 0 Å². The maximum atomic E-state index is 14.6. The molecule has 3 fully saturated rings. The summed E-state index contributed by atoms with van der Waals surface area (Å²) in [5, 5.41) is 48.5. The summed E-state index contributed by atoms with van der Waals surface area (Å²) in [6.45, 7) is 0.514. The van der Waals surface area contributed by atoms with Crippen molar-refractivity contribution >= 4 is 101 Å². The van der Waals surface area contributed by atoms with Crippen molar-refractivity contribution in [3.8, 4) is 0 Å². The summed E-state index contributed by atoms with van der Waals surface area (Å²) in [6.07, 6.45) is 2.44. The number of unbranched alkanes of at least 4 members (excludes halogenated alkanes) is 3. The van der Waals surface area contributed by atoms with Crippen molar-refractivity contribution < 1.29 is 72.9 Å². The lowest BCUT2D eigenvalue weighted by atomic mass is 10.0. The lowest BCUT2D eigenvalue weighted by Crippen LogP contribution is -2.60. The zero-order valence-corrected chi connectivity index (χ0v) is 57.0. The van der Waals surface area contributed by atoms with Crippen LogP contribution in [0.25, 0.3) is 0 Å². The lowest BCUT2D eigenvalue weighted by Gasteiger charge is -2.33. The quantitative estimate of drug-likeness (QED) is 0.0128. The summed E-state index contributed by atoms with van der Waals surface area (Å²) >= 11 is 0.900. The van der Waals surface area contributed by atoms with Crippen molar-refractivity contribution in [2.24, 2.45) is 55.1 Å². The second-order valence-electron chi connectivity index (χ2n) is 24.6. The average Bonchev–Trinajstić information content (AvgIpc) is 1.64. The average molecular weight is 1420 g/mol. The van der Waals surface area contributed by atoms with E-state index in [2.05, 4.69) is 52.2 Å². The summed E-state index contributed by atoms with van der Waals surface area (Å²) in [5.41, 5.74) is 39.8. The third-order valence-corrected chi connectivity index (χ3v) is 18.0. The van der Waals surface area contributed by atoms with Crippen LogP contribution in [0.2, 0.25) is 0 Å². The molecule has 0 aromatic heterocycles. The van der Waals surface area contributed by atoms with E-state index in [0.717, 1.165) is 40.8 Å². The van der Waals surface area contributed by atoms with Crippen molar-refractivity contribution in [2.75, 3.05) is 58.2 Å². The Morgan fingerprint density at radius 2 is 1.12 bits per heavy atom. The maximum Gasteiger partial charge on any atom is 0.326 e. The number of thioether (sulfide) groups is 1. The summed E-state index contributed by atoms with van der Waals surface area (Å²) in [7, 11) is 0. The van der Waals surface area contributed by atoms with Crippen LogP contribution < -0.4 is 77.4 Å². The first-order chi connectivity index (χ1) is 47.7. The molecule has 11 amide bonds. The number of hydrogen-bond acceptors (Lipinski definition) is 19. The van der Waals surface area contributed by atoms with Gasteiger partial charge in [0.15, 0.2) is 17.9 Å². The number of aliphatic imine (C=N–C) groups is 3. The molecule has 0 bridgehead atoms. The van der Waals surface area contributed by atoms with Gasteiger partial charge in [0.2, 0.25) is 65.0 Å². The molecule has 3 aliphatic rings. The second-order valence-corrected chi connectivity index (χ2v) is 25.8. The molecule has 2 aromatic rings. The van der Waals surface area contributed by atoms with Crippen LogP contribution in [-0.4, -0.2) is 243 Å². The van der Waals surface area contributed by atoms with E-state index >= 15 is 0 Å². The van der Waals surface area contributed by atoms with Crippen LogP contribution in [0.15, 0.2) is 75.6 Å². The van der Waals surface area contributed by atoms with Crippen LogP contribution in [0.5, 0.6) is 0 Å². The zero-order chi connectivity index (χ0) is 73.4. The van der Waals surface area contributed by atoms with Gasteiger partial charge in [-0.3, -0.25) is 72.6 Å². The fraction of sp³-hybridized carbons (Fsp3) is 0.578. The molecule has 11 atom stereocenters. The maximum absolute atomic E-state index is 14.6. The highest BCUT2D eigenvalue weighted by atomic mass is 32.2. The minimum absolute atomic E-state index is 0.0279. The number of nitrogens with zero attached hydrogens (tertiary/aromatic N) is 6. The van der Waals surface area contributed by atoms with Gasteiger partial charge in [0.25, 0.3) is 0 Å². The number of amides is 11. The highest BCUT2D eigenvalue weighted by Crippen LogP contribution is 2.28. The molecule has 0 aliphatic carbocycles. The van der Waals surface area contributed by atoms with Crippen molar-refractivity contribution in [1.82, 2.24) is 51.9 Å². The molecule has 0 saturated carbocycles. The van der Waals surface area contributed by atoms with E-state index in [1.807, 2.05) is 6.92 Å². The largest absolute Gasteiger partial charge is 0.480 e. The van der Waals surface area contributed by atoms with Gasteiger partial charge in [0.05, 0.1) is 30.5 Å². The number of likely N-dealkylation sites (tertiary alicyclic amines) is 3. The Labute approximate surface area is 583 Å². The molecule has 24 N–H and O–H groups in total. The van der Waals surface area contributed by atoms with Crippen molar-refractivity contribution in [2.45, 2.75) is 175 Å². The molecular formula is C64H98N20O15S. The highest BCUT2D eigenvalue weighted by molar-refractivity contribution is 8.00. The number of carboxylic acids is 1. The number of nitrogens with two attached hydrogens (primary N) is 7. The van der Waals surface area contributed by atoms with Gasteiger partial charge in [0.1, 0.15) is 48.3 Å². The van der Waals surface area contributed by atoms with Crippen molar-refractivity contribution in [3.63, 3.8) is 0 Å². The monoisotopic (exact) mass is 1420 g/mol. The van der Waals surface area contributed by atoms with Crippen LogP contribution in [0.4, 0.5) is 0 Å². The van der Waals surface area contributed by atoms with Crippen LogP contribution >= 0.6 is 11.8 Å². The van der Waals surface area contributed by atoms with E-state index in [1.54, 1.807) is 60.7 Å². The molecule has 3 heterocycles. The van der Waals surface area contributed by atoms with Gasteiger partial charge in [0, 0.05) is 70.7 Å². The zero-order valence-electron chi connectivity index (χ0n) is 56.2. The van der Waals surface area contributed by atoms with Gasteiger partial charge in [-0.25, -0.2) is 4.79 Å². The third kappa shape index (κ3) is 26.5. The number of aliphatic hydroxyl groups excluding tert-OH is 2. The SMILES string of the molecule is CCCCCCN1C(=O)CC(SC[C@H](NC(=O)[C@@H](Cc2ccccc2)NC(=O)[C@H](CO)NC(=O)[C@H](Cc2ccccc2)NC(=O)CNC(=O)[C@@H]2C[C@@H](O)CN2C(=O)[C@@H]2CCCN2C(=O)[C@H](CCCN=C(N)N)NC(=O)[C@H](N)CCCN=C(N)N)C(=O)N[C@@H](CCCN=C(N)N)C(=O)O)C1=O. The topological polar surface area (TPSA) is 579 Å². The number of β-amino-alcohol motifs (C(OH)–C–C–N with tert-alkyl or cyclic N) is 1. The van der Waals surface area contributed by atoms with Gasteiger partial charge in [-0.1, -0.05) is 86.8 Å². The highest BCUT2D eigenvalue weighted by Gasteiger charge is 2.46. The number of nitrogens with one attached hydrogen (secondary N) is 7. The first-order valence-corrected chi connectivity index (χ1v) is 34.4. The molecule has 5 rings (SSSR count). The molecule has 1 unspecified atom stereocenters. The first-order valence-electron chi connectivity index (χ1n) is 33.4. The number of carbonyl (C=O) groups is 12. The Hall–Kier alpha value is -9.68. The Morgan fingerprint density at radius 3 is 1.68 bits per heavy atom. The van der Waals surface area contributed by atoms with E-state index in [0.29, 0.717) is 30.4 Å². The molecular weight excluding hydrogens is 1320 g/mol. The number of carboxylic acid groups (broad SMARTS) is 1. The Kier molecular flexibility index (Phi) is 33.7. The molecule has 3 aliphatic heterocycles. The number of aliphatic carboxylic acids is 1. The molecule has 550 valence electrons. The smallest absolute Gasteiger partial charge is 0.326 e. The number of rotatable bonds is 42. The van der Waals surface area contributed by atoms with Crippen molar-refractivity contribution in [1.29, 1.82) is 0 Å². The van der Waals surface area contributed by atoms with E-state index in [9.17, 15) is 72.9 Å². The van der Waals surface area contributed by atoms with Crippen LogP contribution in [0.3, 0.4) is 0 Å². The predicted octanol–water partition coefficient (Wildman–Crippen LogP) is -5.54. The number of hydrogen-bond donors (Lipinski definition) is 17. The number of imide groups is 1. The molecule has 0 radical (unpaired) electrons. The summed E-state index contributed by atoms with van der Waals surface area (Å²) in [6, 6.07) is 3.93. The van der Waals surface area contributed by atoms with E-state index in [1.165, 1.54) is 4.90 Å². The minimum Gasteiger partial charge on any atom is -0.480 e. The van der Waals surface area contributed by atoms with Crippen molar-refractivity contribution in [3.05, 3.63) is 71.8 Å². The van der Waals surface area contributed by atoms with E-state index < -0.39 is 150 Å². The van der Waals surface area contributed by atoms with E-state index in [-0.39, 0.29) is 127 Å². The van der Waals surface area contributed by atoms with Crippen LogP contribution in [0, 0.1) is 0 Å². The Balaban J connectivity index is 1.30. The minimum atomic E-state index is -1.81. The van der Waals surface area contributed by atoms with Gasteiger partial charge >= 0.3 is 5.97 Å². The molecule has 100 heavy (non-hydrogen) atoms. The van der Waals surface area contributed by atoms with Gasteiger partial charge in [-0.05, 0) is 68.9 Å². The third-order valence-electron chi connectivity index (χ3n) is 16.7. The summed E-state index contributed by atoms with van der Waals surface area (Å²) in [4.78, 5) is 182. The van der Waals surface area contributed by atoms with E-state index in [4.69, 9.17) is 40.1 Å². The lowest BCUT2D eigenvalue weighted by molar-refractivity contribution is -0.148. The van der Waals surface area contributed by atoms with Gasteiger partial charge in [-0.15, -0.1) is 11.8 Å². The normalized spacial score (nSPS) is 18.5. The van der Waals surface area contributed by atoms with Crippen LogP contribution in [0.1, 0.15) is 108 Å². The molecule has 2 aromatic carbocycles. The Morgan fingerprint density at radius 1 is 0.610 bits per heavy atom. The molecule has 3 saturated heterocycles. The number of aliphatic hydroxyl groups is 2.